The molecule has 5 atom stereocenters. The van der Waals surface area contributed by atoms with Gasteiger partial charge in [0.2, 0.25) is 5.91 Å². The molecule has 4 aliphatic rings. The van der Waals surface area contributed by atoms with Crippen molar-refractivity contribution in [3.63, 3.8) is 0 Å². The number of amides is 1. The van der Waals surface area contributed by atoms with Gasteiger partial charge in [-0.1, -0.05) is 25.5 Å². The van der Waals surface area contributed by atoms with Gasteiger partial charge >= 0.3 is 5.97 Å². The van der Waals surface area contributed by atoms with E-state index in [2.05, 4.69) is 6.92 Å². The molecule has 0 aromatic rings. The largest absolute Gasteiger partial charge is 0.465 e. The van der Waals surface area contributed by atoms with E-state index in [-0.39, 0.29) is 24.1 Å². The number of carbonyl (C=O) groups excluding carboxylic acids is 2. The number of likely N-dealkylation sites (tertiary alicyclic amines) is 1. The summed E-state index contributed by atoms with van der Waals surface area (Å²) in [5.74, 6) is -1.23. The molecule has 132 valence electrons. The van der Waals surface area contributed by atoms with Crippen molar-refractivity contribution in [3.05, 3.63) is 12.2 Å². The highest BCUT2D eigenvalue weighted by Gasteiger charge is 2.67. The van der Waals surface area contributed by atoms with Crippen LogP contribution in [-0.4, -0.2) is 60.9 Å². The van der Waals surface area contributed by atoms with Crippen molar-refractivity contribution in [3.8, 4) is 0 Å². The summed E-state index contributed by atoms with van der Waals surface area (Å²) in [5, 5.41) is 0. The van der Waals surface area contributed by atoms with Gasteiger partial charge in [0.05, 0.1) is 31.3 Å². The van der Waals surface area contributed by atoms with Crippen molar-refractivity contribution in [2.24, 2.45) is 11.8 Å². The average Bonchev–Trinajstić information content (AvgIpc) is 3.31. The number of hydrogen-bond donors (Lipinski definition) is 0. The van der Waals surface area contributed by atoms with Crippen LogP contribution in [0.15, 0.2) is 12.2 Å². The molecule has 0 radical (unpaired) electrons. The van der Waals surface area contributed by atoms with Crippen LogP contribution in [0.2, 0.25) is 0 Å². The minimum Gasteiger partial charge on any atom is -0.465 e. The van der Waals surface area contributed by atoms with Crippen molar-refractivity contribution in [2.75, 3.05) is 26.3 Å². The normalized spacial score (nSPS) is 39.7. The number of carbonyl (C=O) groups is 2. The van der Waals surface area contributed by atoms with E-state index in [9.17, 15) is 9.59 Å². The lowest BCUT2D eigenvalue weighted by Gasteiger charge is -2.23. The fourth-order valence-corrected chi connectivity index (χ4v) is 4.45. The van der Waals surface area contributed by atoms with E-state index in [0.717, 1.165) is 32.3 Å². The molecule has 24 heavy (non-hydrogen) atoms. The summed E-state index contributed by atoms with van der Waals surface area (Å²) in [4.78, 5) is 27.3. The van der Waals surface area contributed by atoms with Crippen LogP contribution in [0.25, 0.3) is 0 Å². The maximum Gasteiger partial charge on any atom is 0.312 e. The molecule has 0 saturated carbocycles. The van der Waals surface area contributed by atoms with E-state index < -0.39 is 17.4 Å². The zero-order valence-electron chi connectivity index (χ0n) is 14.1. The number of unbranched alkanes of at least 4 members (excludes halogenated alkanes) is 1. The lowest BCUT2D eigenvalue weighted by atomic mass is 9.77. The van der Waals surface area contributed by atoms with Crippen LogP contribution in [0.3, 0.4) is 0 Å². The third kappa shape index (κ3) is 2.47. The number of rotatable bonds is 6. The van der Waals surface area contributed by atoms with Crippen molar-refractivity contribution in [1.29, 1.82) is 0 Å². The zero-order valence-corrected chi connectivity index (χ0v) is 14.1. The molecule has 0 aromatic heterocycles. The van der Waals surface area contributed by atoms with Crippen LogP contribution in [0.4, 0.5) is 0 Å². The van der Waals surface area contributed by atoms with Gasteiger partial charge in [0.25, 0.3) is 0 Å². The summed E-state index contributed by atoms with van der Waals surface area (Å²) in [5.41, 5.74) is -0.644. The topological polar surface area (TPSA) is 65.1 Å². The standard InChI is InChI=1S/C18H25NO5/c1-2-3-8-23-17(21)14-13-6-7-18(24-13)11-19(16(20)15(14)18)10-12-5-4-9-22-12/h6-7,12-15H,2-5,8-11H2,1H3/t12-,13+,14-,15+,18+/m1/s1. The zero-order chi connectivity index (χ0) is 16.7. The van der Waals surface area contributed by atoms with Gasteiger partial charge in [0.15, 0.2) is 0 Å². The third-order valence-corrected chi connectivity index (χ3v) is 5.64. The Morgan fingerprint density at radius 1 is 1.50 bits per heavy atom. The molecule has 0 aromatic carbocycles. The summed E-state index contributed by atoms with van der Waals surface area (Å²) in [7, 11) is 0. The minimum atomic E-state index is -0.644. The monoisotopic (exact) mass is 335 g/mol. The Labute approximate surface area is 142 Å². The second-order valence-electron chi connectivity index (χ2n) is 7.27. The summed E-state index contributed by atoms with van der Waals surface area (Å²) >= 11 is 0. The third-order valence-electron chi connectivity index (χ3n) is 5.64. The first-order valence-electron chi connectivity index (χ1n) is 9.09. The van der Waals surface area contributed by atoms with E-state index in [1.54, 1.807) is 0 Å². The molecule has 0 aliphatic carbocycles. The highest BCUT2D eigenvalue weighted by molar-refractivity contribution is 5.91. The van der Waals surface area contributed by atoms with E-state index in [1.165, 1.54) is 0 Å². The van der Waals surface area contributed by atoms with Crippen molar-refractivity contribution < 1.29 is 23.8 Å². The van der Waals surface area contributed by atoms with Gasteiger partial charge in [-0.05, 0) is 19.3 Å². The highest BCUT2D eigenvalue weighted by atomic mass is 16.6. The number of ether oxygens (including phenoxy) is 3. The van der Waals surface area contributed by atoms with Gasteiger partial charge in [-0.25, -0.2) is 0 Å². The molecule has 4 aliphatic heterocycles. The summed E-state index contributed by atoms with van der Waals surface area (Å²) in [6, 6.07) is 0. The first kappa shape index (κ1) is 16.1. The summed E-state index contributed by atoms with van der Waals surface area (Å²) in [6.45, 7) is 4.34. The SMILES string of the molecule is CCCCOC(=O)[C@@H]1[C@@H]2C=C[C@@]3(CN(C[C@H]4CCCO4)C(=O)[C@H]13)O2. The molecule has 6 nitrogen and oxygen atoms in total. The first-order valence-corrected chi connectivity index (χ1v) is 9.09. The second kappa shape index (κ2) is 6.15. The Hall–Kier alpha value is -1.40. The minimum absolute atomic E-state index is 0.00907. The Balaban J connectivity index is 1.48. The maximum absolute atomic E-state index is 13.0. The van der Waals surface area contributed by atoms with Gasteiger partial charge in [-0.3, -0.25) is 9.59 Å². The van der Waals surface area contributed by atoms with Crippen molar-refractivity contribution in [2.45, 2.75) is 50.4 Å². The van der Waals surface area contributed by atoms with Crippen molar-refractivity contribution in [1.82, 2.24) is 4.90 Å². The fourth-order valence-electron chi connectivity index (χ4n) is 4.45. The molecule has 3 fully saturated rings. The van der Waals surface area contributed by atoms with Crippen LogP contribution in [0, 0.1) is 11.8 Å². The Kier molecular flexibility index (Phi) is 4.12. The molecule has 1 amide bonds. The lowest BCUT2D eigenvalue weighted by Crippen LogP contribution is -2.40. The molecule has 2 bridgehead atoms. The Morgan fingerprint density at radius 3 is 3.12 bits per heavy atom. The van der Waals surface area contributed by atoms with E-state index in [1.807, 2.05) is 17.1 Å². The molecule has 4 heterocycles. The van der Waals surface area contributed by atoms with E-state index in [0.29, 0.717) is 19.7 Å². The molecule has 0 unspecified atom stereocenters. The average molecular weight is 335 g/mol. The van der Waals surface area contributed by atoms with Crippen LogP contribution in [-0.2, 0) is 23.8 Å². The van der Waals surface area contributed by atoms with Crippen molar-refractivity contribution >= 4 is 11.9 Å². The Bertz CT molecular complexity index is 556. The number of esters is 1. The molecular formula is C18H25NO5. The van der Waals surface area contributed by atoms with Crippen LogP contribution >= 0.6 is 0 Å². The fraction of sp³-hybridized carbons (Fsp3) is 0.778. The quantitative estimate of drug-likeness (QED) is 0.416. The number of nitrogens with zero attached hydrogens (tertiary/aromatic N) is 1. The first-order chi connectivity index (χ1) is 11.6. The predicted octanol–water partition coefficient (Wildman–Crippen LogP) is 1.29. The summed E-state index contributed by atoms with van der Waals surface area (Å²) < 4.78 is 17.1. The molecule has 0 N–H and O–H groups in total. The lowest BCUT2D eigenvalue weighted by molar-refractivity contribution is -0.154. The van der Waals surface area contributed by atoms with Gasteiger partial charge in [-0.2, -0.15) is 0 Å². The highest BCUT2D eigenvalue weighted by Crippen LogP contribution is 2.52. The van der Waals surface area contributed by atoms with Gasteiger partial charge in [-0.15, -0.1) is 0 Å². The molecule has 6 heteroatoms. The van der Waals surface area contributed by atoms with E-state index in [4.69, 9.17) is 14.2 Å². The maximum atomic E-state index is 13.0. The van der Waals surface area contributed by atoms with Gasteiger partial charge < -0.3 is 19.1 Å². The molecule has 1 spiro atoms. The van der Waals surface area contributed by atoms with Gasteiger partial charge in [0.1, 0.15) is 11.5 Å². The molecule has 3 saturated heterocycles. The number of fused-ring (bicyclic) bond motifs is 1. The van der Waals surface area contributed by atoms with Crippen LogP contribution < -0.4 is 0 Å². The van der Waals surface area contributed by atoms with E-state index >= 15 is 0 Å². The van der Waals surface area contributed by atoms with Crippen LogP contribution in [0.5, 0.6) is 0 Å². The Morgan fingerprint density at radius 2 is 2.38 bits per heavy atom. The molecular weight excluding hydrogens is 310 g/mol. The van der Waals surface area contributed by atoms with Crippen LogP contribution in [0.1, 0.15) is 32.6 Å². The predicted molar refractivity (Wildman–Crippen MR) is 85.1 cm³/mol. The smallest absolute Gasteiger partial charge is 0.312 e. The number of hydrogen-bond acceptors (Lipinski definition) is 5. The molecule has 4 rings (SSSR count). The van der Waals surface area contributed by atoms with Gasteiger partial charge in [0, 0.05) is 13.2 Å². The summed E-state index contributed by atoms with van der Waals surface area (Å²) in [6.07, 6.45) is 7.54. The second-order valence-corrected chi connectivity index (χ2v) is 7.27.